The van der Waals surface area contributed by atoms with Crippen LogP contribution in [0.25, 0.3) is 0 Å². The maximum atomic E-state index is 13.2. The zero-order valence-corrected chi connectivity index (χ0v) is 22.2. The molecule has 3 rings (SSSR count). The number of aryl methyl sites for hydroxylation is 2. The van der Waals surface area contributed by atoms with Crippen LogP contribution in [0.4, 0.5) is 0 Å². The van der Waals surface area contributed by atoms with Crippen LogP contribution in [0.3, 0.4) is 0 Å². The summed E-state index contributed by atoms with van der Waals surface area (Å²) in [6.45, 7) is 17.1. The minimum absolute atomic E-state index is 0.0238. The summed E-state index contributed by atoms with van der Waals surface area (Å²) in [4.78, 5) is 13.2. The van der Waals surface area contributed by atoms with Crippen LogP contribution in [0.2, 0.25) is 0 Å². The van der Waals surface area contributed by atoms with E-state index in [1.807, 2.05) is 20.8 Å². The Morgan fingerprint density at radius 2 is 1.47 bits per heavy atom. The molecule has 34 heavy (non-hydrogen) atoms. The summed E-state index contributed by atoms with van der Waals surface area (Å²) < 4.78 is 29.4. The lowest BCUT2D eigenvalue weighted by atomic mass is 9.84. The number of carbonyl (C=O) groups is 1. The van der Waals surface area contributed by atoms with Gasteiger partial charge in [-0.25, -0.2) is 13.1 Å². The van der Waals surface area contributed by atoms with Gasteiger partial charge in [0.1, 0.15) is 5.69 Å². The highest BCUT2D eigenvalue weighted by molar-refractivity contribution is 7.90. The number of rotatable bonds is 5. The van der Waals surface area contributed by atoms with Gasteiger partial charge in [-0.3, -0.25) is 9.48 Å². The van der Waals surface area contributed by atoms with E-state index in [1.54, 1.807) is 28.9 Å². The predicted octanol–water partition coefficient (Wildman–Crippen LogP) is 5.26. The number of sulfonamides is 1. The van der Waals surface area contributed by atoms with E-state index in [4.69, 9.17) is 5.10 Å². The molecule has 0 aliphatic rings. The Bertz CT molecular complexity index is 1290. The van der Waals surface area contributed by atoms with Gasteiger partial charge in [0.05, 0.1) is 17.1 Å². The normalized spacial score (nSPS) is 12.6. The molecule has 1 aromatic heterocycles. The van der Waals surface area contributed by atoms with Crippen molar-refractivity contribution in [3.05, 3.63) is 82.2 Å². The molecule has 0 atom stereocenters. The molecule has 0 saturated carbocycles. The minimum Gasteiger partial charge on any atom is -0.266 e. The molecular formula is C27H35N3O3S. The zero-order chi connectivity index (χ0) is 25.5. The molecule has 182 valence electrons. The molecule has 0 spiro atoms. The van der Waals surface area contributed by atoms with Gasteiger partial charge in [-0.1, -0.05) is 71.9 Å². The van der Waals surface area contributed by atoms with Gasteiger partial charge in [0, 0.05) is 5.41 Å². The molecule has 0 aliphatic carbocycles. The number of amides is 1. The summed E-state index contributed by atoms with van der Waals surface area (Å²) >= 11 is 0. The lowest BCUT2D eigenvalue weighted by Crippen LogP contribution is -2.32. The molecule has 0 saturated heterocycles. The third-order valence-corrected chi connectivity index (χ3v) is 7.28. The van der Waals surface area contributed by atoms with Crippen molar-refractivity contribution in [2.75, 3.05) is 0 Å². The molecule has 0 unspecified atom stereocenters. The maximum Gasteiger partial charge on any atom is 0.283 e. The largest absolute Gasteiger partial charge is 0.283 e. The minimum atomic E-state index is -4.00. The molecule has 1 heterocycles. The van der Waals surface area contributed by atoms with Crippen molar-refractivity contribution >= 4 is 15.9 Å². The fourth-order valence-electron chi connectivity index (χ4n) is 3.75. The maximum absolute atomic E-state index is 13.2. The Kier molecular flexibility index (Phi) is 6.82. The first-order chi connectivity index (χ1) is 15.6. The number of hydrogen-bond acceptors (Lipinski definition) is 4. The smallest absolute Gasteiger partial charge is 0.266 e. The SMILES string of the molecule is Cc1cc(C(C)(C)C)cc(C)c1Cn1nc(C(C)(C)C)cc1C(=O)NS(=O)(=O)c1ccccc1. The molecule has 0 bridgehead atoms. The molecule has 1 N–H and O–H groups in total. The Morgan fingerprint density at radius 1 is 0.912 bits per heavy atom. The molecule has 2 aromatic carbocycles. The van der Waals surface area contributed by atoms with Gasteiger partial charge in [-0.2, -0.15) is 5.10 Å². The summed E-state index contributed by atoms with van der Waals surface area (Å²) in [7, 11) is -4.00. The van der Waals surface area contributed by atoms with Gasteiger partial charge in [0.25, 0.3) is 15.9 Å². The summed E-state index contributed by atoms with van der Waals surface area (Å²) in [6, 6.07) is 13.9. The second kappa shape index (κ2) is 9.02. The van der Waals surface area contributed by atoms with Gasteiger partial charge in [0.2, 0.25) is 0 Å². The summed E-state index contributed by atoms with van der Waals surface area (Å²) in [5.41, 5.74) is 5.18. The van der Waals surface area contributed by atoms with E-state index >= 15 is 0 Å². The van der Waals surface area contributed by atoms with Crippen LogP contribution in [0.15, 0.2) is 53.4 Å². The number of nitrogens with zero attached hydrogens (tertiary/aromatic N) is 2. The Morgan fingerprint density at radius 3 is 1.97 bits per heavy atom. The Balaban J connectivity index is 2.03. The van der Waals surface area contributed by atoms with E-state index in [9.17, 15) is 13.2 Å². The lowest BCUT2D eigenvalue weighted by molar-refractivity contribution is 0.0971. The van der Waals surface area contributed by atoms with E-state index < -0.39 is 15.9 Å². The number of aromatic nitrogens is 2. The average Bonchev–Trinajstić information content (AvgIpc) is 3.15. The number of nitrogens with one attached hydrogen (secondary N) is 1. The molecule has 0 fully saturated rings. The van der Waals surface area contributed by atoms with Gasteiger partial charge in [-0.05, 0) is 59.7 Å². The van der Waals surface area contributed by atoms with Gasteiger partial charge < -0.3 is 0 Å². The molecule has 7 heteroatoms. The summed E-state index contributed by atoms with van der Waals surface area (Å²) in [6.07, 6.45) is 0. The van der Waals surface area contributed by atoms with Crippen molar-refractivity contribution in [3.63, 3.8) is 0 Å². The van der Waals surface area contributed by atoms with E-state index in [1.165, 1.54) is 17.7 Å². The second-order valence-corrected chi connectivity index (χ2v) is 12.6. The van der Waals surface area contributed by atoms with Crippen molar-refractivity contribution in [1.29, 1.82) is 0 Å². The fraction of sp³-hybridized carbons (Fsp3) is 0.407. The van der Waals surface area contributed by atoms with Gasteiger partial charge in [0.15, 0.2) is 0 Å². The number of benzene rings is 2. The van der Waals surface area contributed by atoms with Crippen LogP contribution in [0, 0.1) is 13.8 Å². The first-order valence-electron chi connectivity index (χ1n) is 11.4. The summed E-state index contributed by atoms with van der Waals surface area (Å²) in [5, 5.41) is 4.71. The predicted molar refractivity (Wildman–Crippen MR) is 136 cm³/mol. The molecule has 1 amide bonds. The van der Waals surface area contributed by atoms with Gasteiger partial charge in [-0.15, -0.1) is 0 Å². The lowest BCUT2D eigenvalue weighted by Gasteiger charge is -2.22. The van der Waals surface area contributed by atoms with Crippen LogP contribution < -0.4 is 4.72 Å². The first-order valence-corrected chi connectivity index (χ1v) is 12.9. The van der Waals surface area contributed by atoms with Crippen LogP contribution >= 0.6 is 0 Å². The van der Waals surface area contributed by atoms with Crippen LogP contribution in [-0.2, 0) is 27.4 Å². The number of hydrogen-bond donors (Lipinski definition) is 1. The van der Waals surface area contributed by atoms with E-state index in [0.29, 0.717) is 6.54 Å². The molecule has 6 nitrogen and oxygen atoms in total. The summed E-state index contributed by atoms with van der Waals surface area (Å²) in [5.74, 6) is -0.700. The molecule has 0 radical (unpaired) electrons. The fourth-order valence-corrected chi connectivity index (χ4v) is 4.73. The number of carbonyl (C=O) groups excluding carboxylic acids is 1. The molecule has 3 aromatic rings. The molecule has 0 aliphatic heterocycles. The zero-order valence-electron chi connectivity index (χ0n) is 21.4. The van der Waals surface area contributed by atoms with Crippen molar-refractivity contribution in [2.24, 2.45) is 0 Å². The van der Waals surface area contributed by atoms with E-state index in [-0.39, 0.29) is 21.4 Å². The Labute approximate surface area is 203 Å². The topological polar surface area (TPSA) is 81.1 Å². The second-order valence-electron chi connectivity index (χ2n) is 10.9. The van der Waals surface area contributed by atoms with E-state index in [0.717, 1.165) is 22.4 Å². The molecular weight excluding hydrogens is 446 g/mol. The van der Waals surface area contributed by atoms with Crippen LogP contribution in [-0.4, -0.2) is 24.1 Å². The van der Waals surface area contributed by atoms with Crippen LogP contribution in [0.1, 0.15) is 80.0 Å². The van der Waals surface area contributed by atoms with Crippen molar-refractivity contribution in [2.45, 2.75) is 77.7 Å². The van der Waals surface area contributed by atoms with Crippen LogP contribution in [0.5, 0.6) is 0 Å². The van der Waals surface area contributed by atoms with E-state index in [2.05, 4.69) is 51.5 Å². The highest BCUT2D eigenvalue weighted by Crippen LogP contribution is 2.28. The standard InChI is InChI=1S/C27H35N3O3S/c1-18-14-20(26(3,4)5)15-19(2)22(18)17-30-23(16-24(28-30)27(6,7)8)25(31)29-34(32,33)21-12-10-9-11-13-21/h9-16H,17H2,1-8H3,(H,29,31). The highest BCUT2D eigenvalue weighted by Gasteiger charge is 2.27. The van der Waals surface area contributed by atoms with Gasteiger partial charge >= 0.3 is 0 Å². The monoisotopic (exact) mass is 481 g/mol. The van der Waals surface area contributed by atoms with Crippen molar-refractivity contribution in [1.82, 2.24) is 14.5 Å². The quantitative estimate of drug-likeness (QED) is 0.539. The first kappa shape index (κ1) is 25.7. The third-order valence-electron chi connectivity index (χ3n) is 5.93. The Hall–Kier alpha value is -2.93. The van der Waals surface area contributed by atoms with Crippen molar-refractivity contribution < 1.29 is 13.2 Å². The highest BCUT2D eigenvalue weighted by atomic mass is 32.2. The van der Waals surface area contributed by atoms with Crippen molar-refractivity contribution in [3.8, 4) is 0 Å². The average molecular weight is 482 g/mol. The third kappa shape index (κ3) is 5.58.